The van der Waals surface area contributed by atoms with Crippen LogP contribution in [-0.4, -0.2) is 17.7 Å². The van der Waals surface area contributed by atoms with Gasteiger partial charge in [0.2, 0.25) is 0 Å². The van der Waals surface area contributed by atoms with Crippen LogP contribution in [-0.2, 0) is 4.74 Å². The molecule has 0 spiro atoms. The van der Waals surface area contributed by atoms with Crippen LogP contribution in [0, 0.1) is 28.6 Å². The van der Waals surface area contributed by atoms with Gasteiger partial charge in [-0.1, -0.05) is 0 Å². The zero-order valence-electron chi connectivity index (χ0n) is 10.8. The van der Waals surface area contributed by atoms with E-state index in [0.29, 0.717) is 6.42 Å². The number of nitriles is 2. The lowest BCUT2D eigenvalue weighted by Crippen LogP contribution is -2.39. The van der Waals surface area contributed by atoms with Gasteiger partial charge in [0, 0.05) is 12.0 Å². The van der Waals surface area contributed by atoms with Gasteiger partial charge in [0.15, 0.2) is 0 Å². The van der Waals surface area contributed by atoms with E-state index in [2.05, 4.69) is 11.4 Å². The van der Waals surface area contributed by atoms with Crippen molar-refractivity contribution in [3.05, 3.63) is 0 Å². The highest BCUT2D eigenvalue weighted by atomic mass is 16.6. The average Bonchev–Trinajstić information content (AvgIpc) is 2.14. The molecule has 0 aromatic rings. The largest absolute Gasteiger partial charge is 0.444 e. The summed E-state index contributed by atoms with van der Waals surface area (Å²) in [6, 6.07) is 3.72. The first-order valence-corrected chi connectivity index (χ1v) is 5.54. The molecule has 0 aliphatic rings. The van der Waals surface area contributed by atoms with Crippen LogP contribution in [0.2, 0.25) is 0 Å². The van der Waals surface area contributed by atoms with Crippen molar-refractivity contribution in [3.8, 4) is 12.1 Å². The lowest BCUT2D eigenvalue weighted by molar-refractivity contribution is 0.0501. The van der Waals surface area contributed by atoms with Gasteiger partial charge >= 0.3 is 6.09 Å². The maximum atomic E-state index is 11.5. The number of carbonyl (C=O) groups is 1. The molecule has 0 heterocycles. The molecule has 94 valence electrons. The Hall–Kier alpha value is -1.75. The van der Waals surface area contributed by atoms with E-state index >= 15 is 0 Å². The topological polar surface area (TPSA) is 85.9 Å². The molecule has 0 aromatic carbocycles. The van der Waals surface area contributed by atoms with Gasteiger partial charge in [-0.15, -0.1) is 0 Å². The number of hydrogen-bond donors (Lipinski definition) is 1. The molecule has 0 fully saturated rings. The molecular weight excluding hydrogens is 218 g/mol. The van der Waals surface area contributed by atoms with Crippen LogP contribution in [0.3, 0.4) is 0 Å². The fraction of sp³-hybridized carbons (Fsp3) is 0.750. The summed E-state index contributed by atoms with van der Waals surface area (Å²) in [5.74, 6) is -0.205. The quantitative estimate of drug-likeness (QED) is 0.813. The van der Waals surface area contributed by atoms with Gasteiger partial charge in [-0.25, -0.2) is 4.79 Å². The summed E-state index contributed by atoms with van der Waals surface area (Å²) >= 11 is 0. The van der Waals surface area contributed by atoms with Crippen LogP contribution >= 0.6 is 0 Å². The molecule has 1 amide bonds. The highest BCUT2D eigenvalue weighted by Crippen LogP contribution is 2.10. The number of amides is 1. The molecule has 0 aromatic heterocycles. The normalized spacial score (nSPS) is 14.0. The van der Waals surface area contributed by atoms with Gasteiger partial charge in [-0.05, 0) is 34.1 Å². The number of ether oxygens (including phenoxy) is 1. The van der Waals surface area contributed by atoms with Crippen molar-refractivity contribution in [2.24, 2.45) is 5.92 Å². The van der Waals surface area contributed by atoms with Gasteiger partial charge in [0.25, 0.3) is 0 Å². The van der Waals surface area contributed by atoms with Crippen LogP contribution in [0.4, 0.5) is 4.79 Å². The smallest absolute Gasteiger partial charge is 0.407 e. The van der Waals surface area contributed by atoms with Crippen molar-refractivity contribution < 1.29 is 9.53 Å². The van der Waals surface area contributed by atoms with E-state index < -0.39 is 11.7 Å². The third kappa shape index (κ3) is 8.10. The molecule has 0 aliphatic carbocycles. The van der Waals surface area contributed by atoms with Crippen molar-refractivity contribution in [2.75, 3.05) is 0 Å². The minimum atomic E-state index is -0.567. The second kappa shape index (κ2) is 6.75. The lowest BCUT2D eigenvalue weighted by Gasteiger charge is -2.23. The molecule has 2 atom stereocenters. The zero-order valence-corrected chi connectivity index (χ0v) is 10.8. The summed E-state index contributed by atoms with van der Waals surface area (Å²) < 4.78 is 5.09. The van der Waals surface area contributed by atoms with Gasteiger partial charge in [-0.3, -0.25) is 0 Å². The van der Waals surface area contributed by atoms with Crippen LogP contribution in [0.25, 0.3) is 0 Å². The third-order valence-electron chi connectivity index (χ3n) is 1.92. The first-order valence-electron chi connectivity index (χ1n) is 5.54. The summed E-state index contributed by atoms with van der Waals surface area (Å²) in [4.78, 5) is 11.5. The number of hydrogen-bond acceptors (Lipinski definition) is 4. The van der Waals surface area contributed by atoms with E-state index in [9.17, 15) is 4.79 Å². The Morgan fingerprint density at radius 3 is 2.41 bits per heavy atom. The number of alkyl carbamates (subject to hydrolysis) is 1. The second-order valence-corrected chi connectivity index (χ2v) is 4.97. The van der Waals surface area contributed by atoms with Crippen LogP contribution < -0.4 is 5.32 Å². The van der Waals surface area contributed by atoms with Crippen molar-refractivity contribution in [3.63, 3.8) is 0 Å². The van der Waals surface area contributed by atoms with E-state index in [1.165, 1.54) is 0 Å². The SMILES string of the molecule is C[C@H](C#N)C[C@@H](CC#N)NC(=O)OC(C)(C)C. The molecule has 5 nitrogen and oxygen atoms in total. The molecule has 0 radical (unpaired) electrons. The summed E-state index contributed by atoms with van der Waals surface area (Å²) in [7, 11) is 0. The second-order valence-electron chi connectivity index (χ2n) is 4.97. The van der Waals surface area contributed by atoms with Crippen LogP contribution in [0.15, 0.2) is 0 Å². The molecule has 1 N–H and O–H groups in total. The van der Waals surface area contributed by atoms with Crippen LogP contribution in [0.1, 0.15) is 40.5 Å². The Bertz CT molecular complexity index is 333. The van der Waals surface area contributed by atoms with E-state index in [4.69, 9.17) is 15.3 Å². The summed E-state index contributed by atoms with van der Waals surface area (Å²) in [5, 5.41) is 19.9. The van der Waals surface area contributed by atoms with Crippen molar-refractivity contribution in [1.29, 1.82) is 10.5 Å². The molecule has 0 bridgehead atoms. The molecule has 0 unspecified atom stereocenters. The number of rotatable bonds is 4. The third-order valence-corrected chi connectivity index (χ3v) is 1.92. The van der Waals surface area contributed by atoms with E-state index in [1.54, 1.807) is 27.7 Å². The monoisotopic (exact) mass is 237 g/mol. The minimum absolute atomic E-state index is 0.172. The Balaban J connectivity index is 4.31. The van der Waals surface area contributed by atoms with Crippen LogP contribution in [0.5, 0.6) is 0 Å². The summed E-state index contributed by atoms with van der Waals surface area (Å²) in [5.41, 5.74) is -0.567. The highest BCUT2D eigenvalue weighted by Gasteiger charge is 2.20. The molecule has 0 aliphatic heterocycles. The highest BCUT2D eigenvalue weighted by molar-refractivity contribution is 5.68. The summed E-state index contributed by atoms with van der Waals surface area (Å²) in [6.07, 6.45) is 0.0667. The van der Waals surface area contributed by atoms with E-state index in [1.807, 2.05) is 6.07 Å². The minimum Gasteiger partial charge on any atom is -0.444 e. The van der Waals surface area contributed by atoms with Gasteiger partial charge in [-0.2, -0.15) is 10.5 Å². The van der Waals surface area contributed by atoms with Gasteiger partial charge in [0.1, 0.15) is 5.60 Å². The average molecular weight is 237 g/mol. The standard InChI is InChI=1S/C12H19N3O2/c1-9(8-14)7-10(5-6-13)15-11(16)17-12(2,3)4/h9-10H,5,7H2,1-4H3,(H,15,16)/t9-,10+/m0/s1. The van der Waals surface area contributed by atoms with E-state index in [-0.39, 0.29) is 18.4 Å². The van der Waals surface area contributed by atoms with Crippen molar-refractivity contribution in [1.82, 2.24) is 5.32 Å². The maximum absolute atomic E-state index is 11.5. The number of nitrogens with zero attached hydrogens (tertiary/aromatic N) is 2. The number of nitrogens with one attached hydrogen (secondary N) is 1. The Kier molecular flexibility index (Phi) is 6.06. The van der Waals surface area contributed by atoms with Gasteiger partial charge in [0.05, 0.1) is 18.6 Å². The first-order chi connectivity index (χ1) is 7.78. The van der Waals surface area contributed by atoms with Crippen molar-refractivity contribution in [2.45, 2.75) is 52.2 Å². The van der Waals surface area contributed by atoms with Crippen molar-refractivity contribution >= 4 is 6.09 Å². The zero-order chi connectivity index (χ0) is 13.5. The molecule has 0 saturated carbocycles. The molecule has 17 heavy (non-hydrogen) atoms. The summed E-state index contributed by atoms with van der Waals surface area (Å²) in [6.45, 7) is 7.05. The van der Waals surface area contributed by atoms with E-state index in [0.717, 1.165) is 0 Å². The molecular formula is C12H19N3O2. The lowest BCUT2D eigenvalue weighted by atomic mass is 10.0. The maximum Gasteiger partial charge on any atom is 0.407 e. The predicted molar refractivity (Wildman–Crippen MR) is 62.8 cm³/mol. The molecule has 0 saturated heterocycles. The Morgan fingerprint density at radius 2 is 2.00 bits per heavy atom. The Labute approximate surface area is 102 Å². The first kappa shape index (κ1) is 15.2. The fourth-order valence-corrected chi connectivity index (χ4v) is 1.26. The van der Waals surface area contributed by atoms with Gasteiger partial charge < -0.3 is 10.1 Å². The fourth-order valence-electron chi connectivity index (χ4n) is 1.26. The predicted octanol–water partition coefficient (Wildman–Crippen LogP) is 2.34. The number of carbonyl (C=O) groups excluding carboxylic acids is 1. The molecule has 0 rings (SSSR count). The Morgan fingerprint density at radius 1 is 1.41 bits per heavy atom. The molecule has 5 heteroatoms.